The van der Waals surface area contributed by atoms with E-state index in [0.29, 0.717) is 6.61 Å². The summed E-state index contributed by atoms with van der Waals surface area (Å²) in [5, 5.41) is 7.38. The van der Waals surface area contributed by atoms with Crippen LogP contribution >= 0.6 is 0 Å². The van der Waals surface area contributed by atoms with E-state index in [1.165, 1.54) is 0 Å². The summed E-state index contributed by atoms with van der Waals surface area (Å²) >= 11 is 0. The van der Waals surface area contributed by atoms with Gasteiger partial charge in [0.1, 0.15) is 11.9 Å². The van der Waals surface area contributed by atoms with Crippen LogP contribution in [0.5, 0.6) is 0 Å². The normalized spacial score (nSPS) is 22.6. The van der Waals surface area contributed by atoms with Crippen molar-refractivity contribution < 1.29 is 4.74 Å². The topological polar surface area (TPSA) is 65.6 Å². The van der Waals surface area contributed by atoms with Crippen LogP contribution < -0.4 is 5.73 Å². The molecule has 1 rings (SSSR count). The summed E-state index contributed by atoms with van der Waals surface area (Å²) in [5.74, 6) is 0.146. The molecule has 1 aliphatic heterocycles. The third-order valence-electron chi connectivity index (χ3n) is 3.12. The number of amidine groups is 1. The van der Waals surface area contributed by atoms with Crippen molar-refractivity contribution in [3.05, 3.63) is 0 Å². The van der Waals surface area contributed by atoms with E-state index in [9.17, 15) is 0 Å². The van der Waals surface area contributed by atoms with E-state index in [0.717, 1.165) is 39.3 Å². The maximum Gasteiger partial charge on any atom is 0.127 e. The second kappa shape index (κ2) is 6.83. The lowest BCUT2D eigenvalue weighted by Gasteiger charge is -2.33. The third kappa shape index (κ3) is 4.08. The lowest BCUT2D eigenvalue weighted by molar-refractivity contribution is 0.00282. The molecule has 0 aliphatic carbocycles. The highest BCUT2D eigenvalue weighted by atomic mass is 16.5. The predicted octanol–water partition coefficient (Wildman–Crippen LogP) is -0.0350. The van der Waals surface area contributed by atoms with Gasteiger partial charge in [0.15, 0.2) is 0 Å². The molecule has 94 valence electrons. The Bertz CT molecular complexity index is 218. The standard InChI is InChI=1S/C11H24N4O/c1-3-14(4-2)5-6-15-7-8-16-10(9-15)11(12)13/h10H,3-9H2,1-2H3,(H3,12,13). The Hall–Kier alpha value is -0.650. The van der Waals surface area contributed by atoms with Crippen LogP contribution in [0.2, 0.25) is 0 Å². The van der Waals surface area contributed by atoms with Crippen LogP contribution in [0, 0.1) is 5.41 Å². The van der Waals surface area contributed by atoms with E-state index in [1.54, 1.807) is 0 Å². The van der Waals surface area contributed by atoms with Crippen molar-refractivity contribution in [1.29, 1.82) is 5.41 Å². The minimum atomic E-state index is -0.203. The van der Waals surface area contributed by atoms with Gasteiger partial charge in [0, 0.05) is 26.2 Å². The molecule has 1 aliphatic rings. The van der Waals surface area contributed by atoms with Crippen molar-refractivity contribution >= 4 is 5.84 Å². The molecule has 1 atom stereocenters. The van der Waals surface area contributed by atoms with Gasteiger partial charge < -0.3 is 15.4 Å². The van der Waals surface area contributed by atoms with E-state index in [4.69, 9.17) is 15.9 Å². The summed E-state index contributed by atoms with van der Waals surface area (Å²) in [6.45, 7) is 11.1. The van der Waals surface area contributed by atoms with Crippen LogP contribution in [0.15, 0.2) is 0 Å². The van der Waals surface area contributed by atoms with Gasteiger partial charge in [-0.1, -0.05) is 13.8 Å². The minimum absolute atomic E-state index is 0.146. The first-order valence-electron chi connectivity index (χ1n) is 6.07. The van der Waals surface area contributed by atoms with Gasteiger partial charge >= 0.3 is 0 Å². The number of likely N-dealkylation sites (N-methyl/N-ethyl adjacent to an activating group) is 1. The van der Waals surface area contributed by atoms with Gasteiger partial charge in [0.25, 0.3) is 0 Å². The lowest BCUT2D eigenvalue weighted by atomic mass is 10.2. The first kappa shape index (κ1) is 13.4. The fourth-order valence-corrected chi connectivity index (χ4v) is 1.92. The van der Waals surface area contributed by atoms with Gasteiger partial charge in [0.05, 0.1) is 6.61 Å². The summed E-state index contributed by atoms with van der Waals surface area (Å²) in [7, 11) is 0. The second-order valence-electron chi connectivity index (χ2n) is 4.14. The van der Waals surface area contributed by atoms with Crippen LogP contribution in [0.3, 0.4) is 0 Å². The molecule has 1 heterocycles. The Kier molecular flexibility index (Phi) is 5.73. The molecule has 0 saturated carbocycles. The monoisotopic (exact) mass is 228 g/mol. The lowest BCUT2D eigenvalue weighted by Crippen LogP contribution is -2.49. The Morgan fingerprint density at radius 3 is 2.75 bits per heavy atom. The number of nitrogens with zero attached hydrogens (tertiary/aromatic N) is 2. The molecule has 16 heavy (non-hydrogen) atoms. The number of rotatable bonds is 6. The fourth-order valence-electron chi connectivity index (χ4n) is 1.92. The zero-order valence-electron chi connectivity index (χ0n) is 10.4. The smallest absolute Gasteiger partial charge is 0.127 e. The average molecular weight is 228 g/mol. The summed E-state index contributed by atoms with van der Waals surface area (Å²) in [6.07, 6.45) is -0.203. The molecule has 0 radical (unpaired) electrons. The Labute approximate surface area is 98.0 Å². The number of hydrogen-bond donors (Lipinski definition) is 2. The van der Waals surface area contributed by atoms with E-state index in [2.05, 4.69) is 23.6 Å². The molecule has 0 aromatic heterocycles. The van der Waals surface area contributed by atoms with Gasteiger partial charge in [-0.2, -0.15) is 0 Å². The number of nitrogens with two attached hydrogens (primary N) is 1. The van der Waals surface area contributed by atoms with Crippen molar-refractivity contribution in [3.8, 4) is 0 Å². The largest absolute Gasteiger partial charge is 0.385 e. The number of hydrogen-bond acceptors (Lipinski definition) is 4. The molecule has 3 N–H and O–H groups in total. The molecule has 0 amide bonds. The Morgan fingerprint density at radius 2 is 2.19 bits per heavy atom. The van der Waals surface area contributed by atoms with Gasteiger partial charge in [-0.05, 0) is 13.1 Å². The van der Waals surface area contributed by atoms with Crippen LogP contribution in [0.25, 0.3) is 0 Å². The highest BCUT2D eigenvalue weighted by Crippen LogP contribution is 2.04. The first-order chi connectivity index (χ1) is 7.67. The predicted molar refractivity (Wildman–Crippen MR) is 65.9 cm³/mol. The van der Waals surface area contributed by atoms with E-state index in [-0.39, 0.29) is 11.9 Å². The zero-order chi connectivity index (χ0) is 12.0. The minimum Gasteiger partial charge on any atom is -0.385 e. The zero-order valence-corrected chi connectivity index (χ0v) is 10.4. The first-order valence-corrected chi connectivity index (χ1v) is 6.07. The number of morpholine rings is 1. The molecule has 5 nitrogen and oxygen atoms in total. The van der Waals surface area contributed by atoms with Crippen LogP contribution in [-0.4, -0.2) is 67.6 Å². The van der Waals surface area contributed by atoms with E-state index >= 15 is 0 Å². The second-order valence-corrected chi connectivity index (χ2v) is 4.14. The fraction of sp³-hybridized carbons (Fsp3) is 0.909. The summed E-state index contributed by atoms with van der Waals surface area (Å²) < 4.78 is 5.42. The molecule has 1 fully saturated rings. The molecular weight excluding hydrogens is 204 g/mol. The van der Waals surface area contributed by atoms with E-state index < -0.39 is 0 Å². The molecule has 0 bridgehead atoms. The Morgan fingerprint density at radius 1 is 1.50 bits per heavy atom. The molecular formula is C11H24N4O. The number of ether oxygens (including phenoxy) is 1. The number of nitrogens with one attached hydrogen (secondary N) is 1. The van der Waals surface area contributed by atoms with Gasteiger partial charge in [-0.3, -0.25) is 10.3 Å². The van der Waals surface area contributed by atoms with E-state index in [1.807, 2.05) is 0 Å². The van der Waals surface area contributed by atoms with Gasteiger partial charge in [-0.25, -0.2) is 0 Å². The van der Waals surface area contributed by atoms with Crippen molar-refractivity contribution in [2.75, 3.05) is 45.9 Å². The average Bonchev–Trinajstić information content (AvgIpc) is 2.31. The quantitative estimate of drug-likeness (QED) is 0.495. The summed E-state index contributed by atoms with van der Waals surface area (Å²) in [4.78, 5) is 4.73. The van der Waals surface area contributed by atoms with Gasteiger partial charge in [0.2, 0.25) is 0 Å². The Balaban J connectivity index is 2.29. The summed E-state index contributed by atoms with van der Waals surface area (Å²) in [5.41, 5.74) is 5.46. The maximum absolute atomic E-state index is 7.38. The van der Waals surface area contributed by atoms with Crippen molar-refractivity contribution in [2.45, 2.75) is 20.0 Å². The van der Waals surface area contributed by atoms with Crippen molar-refractivity contribution in [1.82, 2.24) is 9.80 Å². The SMILES string of the molecule is CCN(CC)CCN1CCOC(C(=N)N)C1. The highest BCUT2D eigenvalue weighted by Gasteiger charge is 2.22. The van der Waals surface area contributed by atoms with Crippen molar-refractivity contribution in [3.63, 3.8) is 0 Å². The molecule has 1 saturated heterocycles. The van der Waals surface area contributed by atoms with Gasteiger partial charge in [-0.15, -0.1) is 0 Å². The molecule has 0 spiro atoms. The van der Waals surface area contributed by atoms with Crippen molar-refractivity contribution in [2.24, 2.45) is 5.73 Å². The molecule has 5 heteroatoms. The molecule has 0 aromatic carbocycles. The third-order valence-corrected chi connectivity index (χ3v) is 3.12. The van der Waals surface area contributed by atoms with Crippen LogP contribution in [-0.2, 0) is 4.74 Å². The van der Waals surface area contributed by atoms with Crippen LogP contribution in [0.4, 0.5) is 0 Å². The summed E-state index contributed by atoms with van der Waals surface area (Å²) in [6, 6.07) is 0. The highest BCUT2D eigenvalue weighted by molar-refractivity contribution is 5.82. The molecule has 0 aromatic rings. The molecule has 1 unspecified atom stereocenters. The van der Waals surface area contributed by atoms with Crippen LogP contribution in [0.1, 0.15) is 13.8 Å². The maximum atomic E-state index is 7.38.